The van der Waals surface area contributed by atoms with Crippen LogP contribution in [0, 0.1) is 11.8 Å². The van der Waals surface area contributed by atoms with Crippen LogP contribution in [0.2, 0.25) is 0 Å². The second-order valence-corrected chi connectivity index (χ2v) is 8.76. The maximum Gasteiger partial charge on any atom is 0.0485 e. The highest BCUT2D eigenvalue weighted by Gasteiger charge is 2.09. The number of benzene rings is 1. The van der Waals surface area contributed by atoms with Gasteiger partial charge in [-0.25, -0.2) is 4.31 Å². The number of likely N-dealkylation sites (N-methyl/N-ethyl adjacent to an activating group) is 1. The smallest absolute Gasteiger partial charge is 0.0485 e. The molecule has 0 saturated carbocycles. The number of hydrogen-bond acceptors (Lipinski definition) is 3. The SMILES string of the molecule is C=C(CN(CCC(C)C)Sc1ccc(=C/C)/c(=C\C)c1)NC.CC(C)C. The number of rotatable bonds is 8. The molecule has 0 spiro atoms. The van der Waals surface area contributed by atoms with E-state index in [0.29, 0.717) is 5.92 Å². The molecule has 0 aliphatic heterocycles. The van der Waals surface area contributed by atoms with Gasteiger partial charge in [-0.3, -0.25) is 0 Å². The van der Waals surface area contributed by atoms with Crippen molar-refractivity contribution in [2.45, 2.75) is 59.8 Å². The second-order valence-electron chi connectivity index (χ2n) is 7.59. The minimum absolute atomic E-state index is 0.711. The fraction of sp³-hybridized carbons (Fsp3) is 0.565. The lowest BCUT2D eigenvalue weighted by Crippen LogP contribution is -2.26. The molecule has 26 heavy (non-hydrogen) atoms. The average Bonchev–Trinajstić information content (AvgIpc) is 2.58. The first kappa shape index (κ1) is 24.8. The van der Waals surface area contributed by atoms with Gasteiger partial charge in [-0.1, -0.05) is 59.4 Å². The summed E-state index contributed by atoms with van der Waals surface area (Å²) in [4.78, 5) is 1.28. The first-order chi connectivity index (χ1) is 12.2. The van der Waals surface area contributed by atoms with Crippen molar-refractivity contribution in [2.24, 2.45) is 11.8 Å². The lowest BCUT2D eigenvalue weighted by molar-refractivity contribution is 0.437. The van der Waals surface area contributed by atoms with Crippen LogP contribution in [0.25, 0.3) is 12.2 Å². The molecule has 1 aromatic carbocycles. The van der Waals surface area contributed by atoms with E-state index in [9.17, 15) is 0 Å². The minimum Gasteiger partial charge on any atom is -0.391 e. The summed E-state index contributed by atoms with van der Waals surface area (Å²) in [7, 11) is 1.93. The van der Waals surface area contributed by atoms with Gasteiger partial charge in [0.2, 0.25) is 0 Å². The summed E-state index contributed by atoms with van der Waals surface area (Å²) >= 11 is 1.82. The third-order valence-corrected chi connectivity index (χ3v) is 4.63. The van der Waals surface area contributed by atoms with Gasteiger partial charge < -0.3 is 5.32 Å². The van der Waals surface area contributed by atoms with E-state index in [1.165, 1.54) is 21.8 Å². The number of hydrogen-bond donors (Lipinski definition) is 1. The van der Waals surface area contributed by atoms with Crippen LogP contribution in [0.4, 0.5) is 0 Å². The molecule has 1 N–H and O–H groups in total. The van der Waals surface area contributed by atoms with Crippen molar-refractivity contribution >= 4 is 24.1 Å². The van der Waals surface area contributed by atoms with Crippen molar-refractivity contribution in [3.8, 4) is 0 Å². The zero-order valence-electron chi connectivity index (χ0n) is 18.2. The van der Waals surface area contributed by atoms with Crippen molar-refractivity contribution in [2.75, 3.05) is 20.1 Å². The molecule has 0 bridgehead atoms. The molecule has 0 heterocycles. The Morgan fingerprint density at radius 3 is 2.15 bits per heavy atom. The molecule has 0 amide bonds. The second kappa shape index (κ2) is 13.9. The molecule has 0 atom stereocenters. The molecule has 148 valence electrons. The molecule has 3 heteroatoms. The van der Waals surface area contributed by atoms with E-state index in [1.54, 1.807) is 0 Å². The van der Waals surface area contributed by atoms with E-state index in [-0.39, 0.29) is 0 Å². The molecule has 0 fully saturated rings. The quantitative estimate of drug-likeness (QED) is 0.640. The molecule has 0 aliphatic rings. The molecule has 1 rings (SSSR count). The van der Waals surface area contributed by atoms with Crippen LogP contribution < -0.4 is 15.8 Å². The lowest BCUT2D eigenvalue weighted by atomic mass is 10.1. The Morgan fingerprint density at radius 1 is 1.12 bits per heavy atom. The lowest BCUT2D eigenvalue weighted by Gasteiger charge is -2.23. The van der Waals surface area contributed by atoms with Gasteiger partial charge in [-0.2, -0.15) is 0 Å². The largest absolute Gasteiger partial charge is 0.391 e. The standard InChI is InChI=1S/C19H30N2S.C4H10/c1-7-17-9-10-19(13-18(17)8-2)22-21(12-11-15(3)4)14-16(5)20-6;1-4(2)3/h7-10,13,15,20H,5,11-12,14H2,1-4,6H3;4H,1-3H3/b17-7-,18-8-;. The summed E-state index contributed by atoms with van der Waals surface area (Å²) in [5, 5.41) is 5.74. The average molecular weight is 377 g/mol. The predicted octanol–water partition coefficient (Wildman–Crippen LogP) is 5.04. The highest BCUT2D eigenvalue weighted by atomic mass is 32.2. The van der Waals surface area contributed by atoms with E-state index in [1.807, 2.05) is 19.0 Å². The van der Waals surface area contributed by atoms with Gasteiger partial charge in [-0.15, -0.1) is 0 Å². The first-order valence-electron chi connectivity index (χ1n) is 9.74. The zero-order chi connectivity index (χ0) is 20.1. The maximum atomic E-state index is 4.07. The van der Waals surface area contributed by atoms with E-state index in [4.69, 9.17) is 0 Å². The summed E-state index contributed by atoms with van der Waals surface area (Å²) in [6.07, 6.45) is 5.52. The van der Waals surface area contributed by atoms with Crippen LogP contribution in [0.1, 0.15) is 54.9 Å². The van der Waals surface area contributed by atoms with Crippen molar-refractivity contribution in [1.82, 2.24) is 9.62 Å². The Kier molecular flexibility index (Phi) is 13.3. The monoisotopic (exact) mass is 376 g/mol. The summed E-state index contributed by atoms with van der Waals surface area (Å²) in [6, 6.07) is 6.67. The molecule has 2 nitrogen and oxygen atoms in total. The molecular formula is C23H40N2S. The predicted molar refractivity (Wildman–Crippen MR) is 122 cm³/mol. The Labute approximate surface area is 166 Å². The summed E-state index contributed by atoms with van der Waals surface area (Å²) in [6.45, 7) is 21.2. The van der Waals surface area contributed by atoms with Crippen LogP contribution in [0.3, 0.4) is 0 Å². The Bertz CT molecular complexity index is 629. The van der Waals surface area contributed by atoms with Crippen LogP contribution in [0.5, 0.6) is 0 Å². The third kappa shape index (κ3) is 11.4. The number of nitrogens with zero attached hydrogens (tertiary/aromatic N) is 1. The minimum atomic E-state index is 0.711. The fourth-order valence-corrected chi connectivity index (χ4v) is 3.15. The van der Waals surface area contributed by atoms with E-state index in [2.05, 4.69) is 95.0 Å². The zero-order valence-corrected chi connectivity index (χ0v) is 19.0. The molecule has 0 aromatic heterocycles. The maximum absolute atomic E-state index is 4.07. The van der Waals surface area contributed by atoms with Gasteiger partial charge in [0, 0.05) is 30.7 Å². The molecule has 0 unspecified atom stereocenters. The van der Waals surface area contributed by atoms with Crippen molar-refractivity contribution in [1.29, 1.82) is 0 Å². The molecule has 0 aliphatic carbocycles. The van der Waals surface area contributed by atoms with Crippen LogP contribution in [-0.4, -0.2) is 24.4 Å². The summed E-state index contributed by atoms with van der Waals surface area (Å²) in [5.74, 6) is 1.54. The van der Waals surface area contributed by atoms with E-state index in [0.717, 1.165) is 24.7 Å². The van der Waals surface area contributed by atoms with Gasteiger partial charge in [0.05, 0.1) is 0 Å². The molecule has 1 aromatic rings. The van der Waals surface area contributed by atoms with Crippen molar-refractivity contribution in [3.05, 3.63) is 40.9 Å². The first-order valence-corrected chi connectivity index (χ1v) is 10.5. The van der Waals surface area contributed by atoms with Gasteiger partial charge >= 0.3 is 0 Å². The Balaban J connectivity index is 0.00000141. The molecule has 0 saturated heterocycles. The topological polar surface area (TPSA) is 15.3 Å². The van der Waals surface area contributed by atoms with E-state index >= 15 is 0 Å². The van der Waals surface area contributed by atoms with Gasteiger partial charge in [0.1, 0.15) is 0 Å². The fourth-order valence-electron chi connectivity index (χ4n) is 2.12. The molecular weight excluding hydrogens is 336 g/mol. The highest BCUT2D eigenvalue weighted by molar-refractivity contribution is 7.97. The Morgan fingerprint density at radius 2 is 1.69 bits per heavy atom. The van der Waals surface area contributed by atoms with Crippen molar-refractivity contribution in [3.63, 3.8) is 0 Å². The van der Waals surface area contributed by atoms with Gasteiger partial charge in [0.15, 0.2) is 0 Å². The van der Waals surface area contributed by atoms with Gasteiger partial charge in [-0.05, 0) is 66.6 Å². The van der Waals surface area contributed by atoms with Crippen LogP contribution >= 0.6 is 11.9 Å². The van der Waals surface area contributed by atoms with Crippen LogP contribution in [-0.2, 0) is 0 Å². The summed E-state index contributed by atoms with van der Waals surface area (Å²) in [5.41, 5.74) is 1.05. The van der Waals surface area contributed by atoms with Crippen molar-refractivity contribution < 1.29 is 0 Å². The highest BCUT2D eigenvalue weighted by Crippen LogP contribution is 2.22. The number of nitrogens with one attached hydrogen (secondary N) is 1. The van der Waals surface area contributed by atoms with Crippen LogP contribution in [0.15, 0.2) is 35.4 Å². The normalized spacial score (nSPS) is 12.6. The van der Waals surface area contributed by atoms with Gasteiger partial charge in [0.25, 0.3) is 0 Å². The van der Waals surface area contributed by atoms with E-state index < -0.39 is 0 Å². The third-order valence-electron chi connectivity index (χ3n) is 3.59. The molecule has 0 radical (unpaired) electrons. The Hall–Kier alpha value is -1.19. The summed E-state index contributed by atoms with van der Waals surface area (Å²) < 4.78 is 2.39.